The first-order valence-corrected chi connectivity index (χ1v) is 6.48. The van der Waals surface area contributed by atoms with Crippen molar-refractivity contribution in [2.24, 2.45) is 5.73 Å². The molecule has 0 fully saturated rings. The zero-order chi connectivity index (χ0) is 13.9. The van der Waals surface area contributed by atoms with E-state index in [1.165, 1.54) is 0 Å². The fraction of sp³-hybridized carbons (Fsp3) is 0.0714. The average molecular weight is 284 g/mol. The lowest BCUT2D eigenvalue weighted by molar-refractivity contribution is 0.388. The van der Waals surface area contributed by atoms with E-state index >= 15 is 0 Å². The predicted octanol–water partition coefficient (Wildman–Crippen LogP) is 2.47. The summed E-state index contributed by atoms with van der Waals surface area (Å²) in [6, 6.07) is 11.4. The molecular weight excluding hydrogens is 272 g/mol. The second-order valence-corrected chi connectivity index (χ2v) is 4.71. The van der Waals surface area contributed by atoms with E-state index in [1.54, 1.807) is 12.3 Å². The molecule has 2 heterocycles. The summed E-state index contributed by atoms with van der Waals surface area (Å²) in [5.74, 6) is 1.43. The summed E-state index contributed by atoms with van der Waals surface area (Å²) < 4.78 is 5.03. The molecule has 0 amide bonds. The highest BCUT2D eigenvalue weighted by Gasteiger charge is 2.08. The maximum atomic E-state index is 5.79. The highest BCUT2D eigenvalue weighted by atomic mass is 32.1. The number of hydrogen-bond acceptors (Lipinski definition) is 5. The smallest absolute Gasteiger partial charge is 0.155 e. The fourth-order valence-electron chi connectivity index (χ4n) is 1.98. The monoisotopic (exact) mass is 284 g/mol. The number of nitrogens with two attached hydrogens (primary N) is 1. The standard InChI is InChI=1S/C14H12N4OS/c15-14(20)11-7-13(16-8-9-5-6-17-19-9)18-12-4-2-1-3-10(11)12/h1-7H,8H2,(H2,15,20)(H,16,18). The Labute approximate surface area is 120 Å². The highest BCUT2D eigenvalue weighted by Crippen LogP contribution is 2.21. The molecule has 3 rings (SSSR count). The molecule has 3 aromatic rings. The van der Waals surface area contributed by atoms with Gasteiger partial charge < -0.3 is 15.6 Å². The van der Waals surface area contributed by atoms with E-state index in [0.29, 0.717) is 17.4 Å². The second-order valence-electron chi connectivity index (χ2n) is 4.27. The molecule has 2 aromatic heterocycles. The number of rotatable bonds is 4. The quantitative estimate of drug-likeness (QED) is 0.717. The van der Waals surface area contributed by atoms with Crippen molar-refractivity contribution in [2.45, 2.75) is 6.54 Å². The van der Waals surface area contributed by atoms with Gasteiger partial charge in [0.25, 0.3) is 0 Å². The zero-order valence-corrected chi connectivity index (χ0v) is 11.4. The fourth-order valence-corrected chi connectivity index (χ4v) is 2.15. The van der Waals surface area contributed by atoms with Gasteiger partial charge in [0.15, 0.2) is 5.76 Å². The molecule has 0 radical (unpaired) electrons. The molecule has 0 aliphatic carbocycles. The molecule has 0 saturated heterocycles. The van der Waals surface area contributed by atoms with E-state index in [1.807, 2.05) is 30.3 Å². The molecule has 0 atom stereocenters. The molecule has 0 bridgehead atoms. The van der Waals surface area contributed by atoms with Crippen molar-refractivity contribution in [3.05, 3.63) is 53.9 Å². The van der Waals surface area contributed by atoms with Crippen molar-refractivity contribution in [3.8, 4) is 0 Å². The second kappa shape index (κ2) is 5.26. The third-order valence-electron chi connectivity index (χ3n) is 2.92. The number of pyridine rings is 1. The van der Waals surface area contributed by atoms with Crippen LogP contribution < -0.4 is 11.1 Å². The number of thiocarbonyl (C=S) groups is 1. The van der Waals surface area contributed by atoms with E-state index in [9.17, 15) is 0 Å². The first-order valence-electron chi connectivity index (χ1n) is 6.07. The number of hydrogen-bond donors (Lipinski definition) is 2. The van der Waals surface area contributed by atoms with Gasteiger partial charge >= 0.3 is 0 Å². The Bertz CT molecular complexity index is 755. The Balaban J connectivity index is 1.97. The van der Waals surface area contributed by atoms with Crippen LogP contribution in [-0.4, -0.2) is 15.1 Å². The molecule has 5 nitrogen and oxygen atoms in total. The summed E-state index contributed by atoms with van der Waals surface area (Å²) >= 11 is 5.11. The lowest BCUT2D eigenvalue weighted by atomic mass is 10.1. The molecule has 1 aromatic carbocycles. The number of nitrogens with zero attached hydrogens (tertiary/aromatic N) is 2. The summed E-state index contributed by atoms with van der Waals surface area (Å²) in [5, 5.41) is 7.78. The summed E-state index contributed by atoms with van der Waals surface area (Å²) in [6.07, 6.45) is 1.60. The van der Waals surface area contributed by atoms with Crippen molar-refractivity contribution in [2.75, 3.05) is 5.32 Å². The van der Waals surface area contributed by atoms with E-state index in [4.69, 9.17) is 22.5 Å². The summed E-state index contributed by atoms with van der Waals surface area (Å²) in [7, 11) is 0. The van der Waals surface area contributed by atoms with Crippen molar-refractivity contribution >= 4 is 33.9 Å². The Morgan fingerprint density at radius 2 is 2.15 bits per heavy atom. The molecule has 0 aliphatic heterocycles. The molecule has 3 N–H and O–H groups in total. The summed E-state index contributed by atoms with van der Waals surface area (Å²) in [6.45, 7) is 0.502. The van der Waals surface area contributed by atoms with Crippen LogP contribution in [0.1, 0.15) is 11.3 Å². The number of para-hydroxylation sites is 1. The van der Waals surface area contributed by atoms with Gasteiger partial charge in [-0.05, 0) is 12.1 Å². The maximum absolute atomic E-state index is 5.79. The lowest BCUT2D eigenvalue weighted by Gasteiger charge is -2.09. The van der Waals surface area contributed by atoms with Crippen LogP contribution in [-0.2, 0) is 6.54 Å². The van der Waals surface area contributed by atoms with Crippen LogP contribution in [0.2, 0.25) is 0 Å². The van der Waals surface area contributed by atoms with Crippen LogP contribution in [0, 0.1) is 0 Å². The lowest BCUT2D eigenvalue weighted by Crippen LogP contribution is -2.11. The minimum Gasteiger partial charge on any atom is -0.389 e. The Morgan fingerprint density at radius 1 is 1.30 bits per heavy atom. The molecule has 0 spiro atoms. The van der Waals surface area contributed by atoms with E-state index < -0.39 is 0 Å². The topological polar surface area (TPSA) is 77.0 Å². The maximum Gasteiger partial charge on any atom is 0.155 e. The minimum atomic E-state index is 0.353. The first-order chi connectivity index (χ1) is 9.74. The third kappa shape index (κ3) is 2.46. The van der Waals surface area contributed by atoms with Gasteiger partial charge in [0.2, 0.25) is 0 Å². The van der Waals surface area contributed by atoms with Crippen LogP contribution >= 0.6 is 12.2 Å². The van der Waals surface area contributed by atoms with Crippen LogP contribution in [0.25, 0.3) is 10.9 Å². The largest absolute Gasteiger partial charge is 0.389 e. The van der Waals surface area contributed by atoms with Crippen LogP contribution in [0.4, 0.5) is 5.82 Å². The van der Waals surface area contributed by atoms with Gasteiger partial charge in [-0.3, -0.25) is 0 Å². The average Bonchev–Trinajstić information content (AvgIpc) is 2.97. The van der Waals surface area contributed by atoms with E-state index in [0.717, 1.165) is 22.2 Å². The predicted molar refractivity (Wildman–Crippen MR) is 81.5 cm³/mol. The molecule has 100 valence electrons. The van der Waals surface area contributed by atoms with Gasteiger partial charge in [-0.2, -0.15) is 0 Å². The van der Waals surface area contributed by atoms with Gasteiger partial charge in [0, 0.05) is 17.0 Å². The Hall–Kier alpha value is -2.47. The zero-order valence-electron chi connectivity index (χ0n) is 10.5. The first kappa shape index (κ1) is 12.6. The van der Waals surface area contributed by atoms with Gasteiger partial charge in [-0.1, -0.05) is 35.6 Å². The number of anilines is 1. The Kier molecular flexibility index (Phi) is 3.30. The van der Waals surface area contributed by atoms with Gasteiger partial charge in [0.05, 0.1) is 18.3 Å². The minimum absolute atomic E-state index is 0.353. The van der Waals surface area contributed by atoms with E-state index in [-0.39, 0.29) is 0 Å². The normalized spacial score (nSPS) is 10.6. The van der Waals surface area contributed by atoms with E-state index in [2.05, 4.69) is 15.5 Å². The van der Waals surface area contributed by atoms with Crippen molar-refractivity contribution < 1.29 is 4.52 Å². The number of benzene rings is 1. The van der Waals surface area contributed by atoms with Gasteiger partial charge in [0.1, 0.15) is 10.8 Å². The van der Waals surface area contributed by atoms with Gasteiger partial charge in [-0.25, -0.2) is 4.98 Å². The number of aromatic nitrogens is 2. The van der Waals surface area contributed by atoms with Gasteiger partial charge in [-0.15, -0.1) is 0 Å². The summed E-state index contributed by atoms with van der Waals surface area (Å²) in [4.78, 5) is 4.88. The third-order valence-corrected chi connectivity index (χ3v) is 3.14. The molecule has 0 unspecified atom stereocenters. The summed E-state index contributed by atoms with van der Waals surface area (Å²) in [5.41, 5.74) is 7.44. The SMILES string of the molecule is NC(=S)c1cc(NCc2ccno2)nc2ccccc12. The van der Waals surface area contributed by atoms with Crippen LogP contribution in [0.3, 0.4) is 0 Å². The van der Waals surface area contributed by atoms with Crippen molar-refractivity contribution in [1.82, 2.24) is 10.1 Å². The van der Waals surface area contributed by atoms with Crippen LogP contribution in [0.5, 0.6) is 0 Å². The number of fused-ring (bicyclic) bond motifs is 1. The van der Waals surface area contributed by atoms with Crippen molar-refractivity contribution in [3.63, 3.8) is 0 Å². The molecule has 6 heteroatoms. The molecule has 0 aliphatic rings. The number of nitrogens with one attached hydrogen (secondary N) is 1. The molecular formula is C14H12N4OS. The molecule has 0 saturated carbocycles. The molecule has 20 heavy (non-hydrogen) atoms. The van der Waals surface area contributed by atoms with Crippen molar-refractivity contribution in [1.29, 1.82) is 0 Å². The highest BCUT2D eigenvalue weighted by molar-refractivity contribution is 7.80. The Morgan fingerprint density at radius 3 is 2.90 bits per heavy atom. The van der Waals surface area contributed by atoms with Crippen LogP contribution in [0.15, 0.2) is 47.1 Å².